The van der Waals surface area contributed by atoms with Gasteiger partial charge in [0.2, 0.25) is 5.91 Å². The molecular weight excluding hydrogens is 230 g/mol. The van der Waals surface area contributed by atoms with E-state index in [1.165, 1.54) is 24.2 Å². The van der Waals surface area contributed by atoms with Crippen LogP contribution in [0.4, 0.5) is 0 Å². The Morgan fingerprint density at radius 3 is 2.39 bits per heavy atom. The maximum atomic E-state index is 12.2. The van der Waals surface area contributed by atoms with E-state index < -0.39 is 5.97 Å². The highest BCUT2D eigenvalue weighted by Crippen LogP contribution is 2.27. The minimum absolute atomic E-state index is 0.0113. The van der Waals surface area contributed by atoms with Gasteiger partial charge in [-0.2, -0.15) is 0 Å². The number of nitrogens with zero attached hydrogens (tertiary/aromatic N) is 1. The van der Waals surface area contributed by atoms with Crippen molar-refractivity contribution in [2.75, 3.05) is 6.54 Å². The third-order valence-electron chi connectivity index (χ3n) is 3.94. The maximum Gasteiger partial charge on any atom is 0.323 e. The first-order valence-corrected chi connectivity index (χ1v) is 7.05. The maximum absolute atomic E-state index is 12.2. The summed E-state index contributed by atoms with van der Waals surface area (Å²) in [7, 11) is 0. The van der Waals surface area contributed by atoms with Gasteiger partial charge in [0.15, 0.2) is 0 Å². The average molecular weight is 255 g/mol. The predicted molar refractivity (Wildman–Crippen MR) is 70.3 cm³/mol. The standard InChI is InChI=1S/C14H25NO3/c1-3-11(2)15(10-14(17)18)13(16)9-12-7-5-4-6-8-12/h11-12H,3-10H2,1-2H3,(H,17,18). The van der Waals surface area contributed by atoms with Crippen LogP contribution in [0, 0.1) is 5.92 Å². The van der Waals surface area contributed by atoms with Crippen molar-refractivity contribution in [1.29, 1.82) is 0 Å². The summed E-state index contributed by atoms with van der Waals surface area (Å²) >= 11 is 0. The van der Waals surface area contributed by atoms with Crippen molar-refractivity contribution in [3.63, 3.8) is 0 Å². The fraction of sp³-hybridized carbons (Fsp3) is 0.857. The molecular formula is C14H25NO3. The first-order chi connectivity index (χ1) is 8.54. The van der Waals surface area contributed by atoms with Crippen LogP contribution in [0.1, 0.15) is 58.8 Å². The lowest BCUT2D eigenvalue weighted by Crippen LogP contribution is -2.42. The molecule has 0 aliphatic heterocycles. The zero-order valence-corrected chi connectivity index (χ0v) is 11.5. The van der Waals surface area contributed by atoms with Crippen LogP contribution in [-0.2, 0) is 9.59 Å². The molecule has 0 heterocycles. The molecule has 1 saturated carbocycles. The average Bonchev–Trinajstić information content (AvgIpc) is 2.36. The molecule has 0 aromatic rings. The molecule has 0 aromatic carbocycles. The molecule has 0 radical (unpaired) electrons. The fourth-order valence-corrected chi connectivity index (χ4v) is 2.61. The van der Waals surface area contributed by atoms with Crippen molar-refractivity contribution >= 4 is 11.9 Å². The monoisotopic (exact) mass is 255 g/mol. The van der Waals surface area contributed by atoms with Crippen LogP contribution < -0.4 is 0 Å². The Hall–Kier alpha value is -1.06. The van der Waals surface area contributed by atoms with Gasteiger partial charge in [-0.1, -0.05) is 26.2 Å². The van der Waals surface area contributed by atoms with E-state index in [-0.39, 0.29) is 18.5 Å². The molecule has 0 spiro atoms. The lowest BCUT2D eigenvalue weighted by molar-refractivity contribution is -0.146. The van der Waals surface area contributed by atoms with Crippen molar-refractivity contribution in [2.45, 2.75) is 64.8 Å². The van der Waals surface area contributed by atoms with E-state index in [2.05, 4.69) is 0 Å². The van der Waals surface area contributed by atoms with Gasteiger partial charge in [0, 0.05) is 12.5 Å². The number of hydrogen-bond acceptors (Lipinski definition) is 2. The first-order valence-electron chi connectivity index (χ1n) is 7.05. The van der Waals surface area contributed by atoms with E-state index in [0.29, 0.717) is 12.3 Å². The van der Waals surface area contributed by atoms with Crippen LogP contribution in [0.3, 0.4) is 0 Å². The zero-order valence-electron chi connectivity index (χ0n) is 11.5. The lowest BCUT2D eigenvalue weighted by atomic mass is 9.86. The van der Waals surface area contributed by atoms with E-state index in [9.17, 15) is 9.59 Å². The third-order valence-corrected chi connectivity index (χ3v) is 3.94. The second-order valence-corrected chi connectivity index (χ2v) is 5.38. The van der Waals surface area contributed by atoms with Gasteiger partial charge in [0.05, 0.1) is 0 Å². The van der Waals surface area contributed by atoms with E-state index in [1.807, 2.05) is 13.8 Å². The van der Waals surface area contributed by atoms with Gasteiger partial charge in [-0.25, -0.2) is 0 Å². The Morgan fingerprint density at radius 2 is 1.89 bits per heavy atom. The van der Waals surface area contributed by atoms with Crippen molar-refractivity contribution in [2.24, 2.45) is 5.92 Å². The Bertz CT molecular complexity index is 285. The van der Waals surface area contributed by atoms with Gasteiger partial charge in [0.25, 0.3) is 0 Å². The highest BCUT2D eigenvalue weighted by Gasteiger charge is 2.25. The van der Waals surface area contributed by atoms with E-state index in [1.54, 1.807) is 0 Å². The molecule has 18 heavy (non-hydrogen) atoms. The first kappa shape index (κ1) is 15.0. The van der Waals surface area contributed by atoms with Crippen molar-refractivity contribution in [1.82, 2.24) is 4.90 Å². The molecule has 0 aromatic heterocycles. The summed E-state index contributed by atoms with van der Waals surface area (Å²) in [5, 5.41) is 8.89. The minimum Gasteiger partial charge on any atom is -0.480 e. The van der Waals surface area contributed by atoms with Gasteiger partial charge >= 0.3 is 5.97 Å². The molecule has 4 heteroatoms. The van der Waals surface area contributed by atoms with Crippen LogP contribution in [0.25, 0.3) is 0 Å². The van der Waals surface area contributed by atoms with E-state index >= 15 is 0 Å². The largest absolute Gasteiger partial charge is 0.480 e. The second kappa shape index (κ2) is 7.39. The smallest absolute Gasteiger partial charge is 0.323 e. The molecule has 1 N–H and O–H groups in total. The van der Waals surface area contributed by atoms with Crippen molar-refractivity contribution < 1.29 is 14.7 Å². The van der Waals surface area contributed by atoms with Gasteiger partial charge in [-0.15, -0.1) is 0 Å². The molecule has 0 saturated heterocycles. The van der Waals surface area contributed by atoms with Crippen molar-refractivity contribution in [3.8, 4) is 0 Å². The number of carbonyl (C=O) groups is 2. The fourth-order valence-electron chi connectivity index (χ4n) is 2.61. The van der Waals surface area contributed by atoms with Gasteiger partial charge in [0.1, 0.15) is 6.54 Å². The Morgan fingerprint density at radius 1 is 1.28 bits per heavy atom. The Balaban J connectivity index is 2.54. The van der Waals surface area contributed by atoms with E-state index in [0.717, 1.165) is 19.3 Å². The van der Waals surface area contributed by atoms with Crippen molar-refractivity contribution in [3.05, 3.63) is 0 Å². The number of carboxylic acid groups (broad SMARTS) is 1. The molecule has 104 valence electrons. The number of carbonyl (C=O) groups excluding carboxylic acids is 1. The molecule has 0 bridgehead atoms. The summed E-state index contributed by atoms with van der Waals surface area (Å²) < 4.78 is 0. The summed E-state index contributed by atoms with van der Waals surface area (Å²) in [5.41, 5.74) is 0. The number of hydrogen-bond donors (Lipinski definition) is 1. The second-order valence-electron chi connectivity index (χ2n) is 5.38. The summed E-state index contributed by atoms with van der Waals surface area (Å²) in [5.74, 6) is -0.447. The topological polar surface area (TPSA) is 57.6 Å². The number of aliphatic carboxylic acids is 1. The summed E-state index contributed by atoms with van der Waals surface area (Å²) in [4.78, 5) is 24.6. The van der Waals surface area contributed by atoms with Crippen LogP contribution in [0.2, 0.25) is 0 Å². The van der Waals surface area contributed by atoms with Gasteiger partial charge < -0.3 is 10.0 Å². The molecule has 1 fully saturated rings. The van der Waals surface area contributed by atoms with Gasteiger partial charge in [-0.05, 0) is 32.1 Å². The highest BCUT2D eigenvalue weighted by molar-refractivity contribution is 5.81. The number of rotatable bonds is 6. The summed E-state index contributed by atoms with van der Waals surface area (Å²) in [6, 6.07) is 0.0113. The quantitative estimate of drug-likeness (QED) is 0.793. The summed E-state index contributed by atoms with van der Waals surface area (Å²) in [6.07, 6.45) is 7.25. The highest BCUT2D eigenvalue weighted by atomic mass is 16.4. The Labute approximate surface area is 109 Å². The van der Waals surface area contributed by atoms with Crippen LogP contribution in [-0.4, -0.2) is 34.5 Å². The molecule has 1 rings (SSSR count). The molecule has 1 unspecified atom stereocenters. The van der Waals surface area contributed by atoms with Crippen LogP contribution >= 0.6 is 0 Å². The lowest BCUT2D eigenvalue weighted by Gasteiger charge is -2.29. The SMILES string of the molecule is CCC(C)N(CC(=O)O)C(=O)CC1CCCCC1. The third kappa shape index (κ3) is 4.67. The minimum atomic E-state index is -0.924. The normalized spacial score (nSPS) is 18.3. The zero-order chi connectivity index (χ0) is 13.5. The molecule has 1 atom stereocenters. The molecule has 4 nitrogen and oxygen atoms in total. The van der Waals surface area contributed by atoms with Crippen LogP contribution in [0.15, 0.2) is 0 Å². The molecule has 1 amide bonds. The number of carboxylic acids is 1. The molecule has 1 aliphatic rings. The van der Waals surface area contributed by atoms with Gasteiger partial charge in [-0.3, -0.25) is 9.59 Å². The predicted octanol–water partition coefficient (Wildman–Crippen LogP) is 2.67. The molecule has 1 aliphatic carbocycles. The summed E-state index contributed by atoms with van der Waals surface area (Å²) in [6.45, 7) is 3.73. The Kier molecular flexibility index (Phi) is 6.16. The number of amides is 1. The van der Waals surface area contributed by atoms with Crippen LogP contribution in [0.5, 0.6) is 0 Å². The van der Waals surface area contributed by atoms with E-state index in [4.69, 9.17) is 5.11 Å².